The minimum atomic E-state index is -4.54. The summed E-state index contributed by atoms with van der Waals surface area (Å²) in [6.07, 6.45) is -3.14. The molecule has 0 radical (unpaired) electrons. The van der Waals surface area contributed by atoms with Crippen LogP contribution in [0.2, 0.25) is 0 Å². The lowest BCUT2D eigenvalue weighted by atomic mass is 9.85. The van der Waals surface area contributed by atoms with Crippen LogP contribution in [0.15, 0.2) is 6.20 Å². The molecule has 106 valence electrons. The molecule has 1 amide bonds. The van der Waals surface area contributed by atoms with Crippen LogP contribution in [-0.2, 0) is 11.3 Å². The number of rotatable bonds is 3. The molecule has 0 bridgehead atoms. The number of alkyl halides is 3. The van der Waals surface area contributed by atoms with Crippen LogP contribution >= 0.6 is 11.3 Å². The zero-order chi connectivity index (χ0) is 14.1. The van der Waals surface area contributed by atoms with Crippen molar-refractivity contribution in [1.29, 1.82) is 0 Å². The molecule has 1 fully saturated rings. The van der Waals surface area contributed by atoms with E-state index in [1.54, 1.807) is 6.20 Å². The summed E-state index contributed by atoms with van der Waals surface area (Å²) in [4.78, 5) is 16.9. The monoisotopic (exact) mass is 293 g/mol. The Hall–Kier alpha value is -1.15. The molecule has 0 spiro atoms. The summed E-state index contributed by atoms with van der Waals surface area (Å²) in [5.74, 6) is -0.974. The van der Waals surface area contributed by atoms with Crippen LogP contribution in [0.4, 0.5) is 13.2 Å². The number of hydrogen-bond donors (Lipinski definition) is 2. The Kier molecular flexibility index (Phi) is 3.82. The first-order valence-corrected chi connectivity index (χ1v) is 6.64. The molecule has 1 aromatic rings. The quantitative estimate of drug-likeness (QED) is 0.890. The molecule has 0 saturated carbocycles. The molecule has 8 heteroatoms. The van der Waals surface area contributed by atoms with E-state index in [0.29, 0.717) is 5.01 Å². The van der Waals surface area contributed by atoms with Crippen LogP contribution in [-0.4, -0.2) is 30.2 Å². The molecule has 2 rings (SSSR count). The number of aryl methyl sites for hydroxylation is 1. The maximum Gasteiger partial charge on any atom is 0.404 e. The molecule has 1 aliphatic heterocycles. The molecule has 1 saturated heterocycles. The highest BCUT2D eigenvalue weighted by atomic mass is 32.1. The summed E-state index contributed by atoms with van der Waals surface area (Å²) < 4.78 is 39.2. The number of nitrogens with zero attached hydrogens (tertiary/aromatic N) is 1. The lowest BCUT2D eigenvalue weighted by molar-refractivity contribution is -0.216. The summed E-state index contributed by atoms with van der Waals surface area (Å²) in [6, 6.07) is 0. The maximum atomic E-state index is 13.1. The second-order valence-corrected chi connectivity index (χ2v) is 5.87. The smallest absolute Gasteiger partial charge is 0.349 e. The second kappa shape index (κ2) is 5.09. The third kappa shape index (κ3) is 2.74. The molecule has 1 atom stereocenters. The third-order valence-corrected chi connectivity index (χ3v) is 4.11. The molecule has 1 aromatic heterocycles. The topological polar surface area (TPSA) is 54.0 Å². The van der Waals surface area contributed by atoms with E-state index >= 15 is 0 Å². The van der Waals surface area contributed by atoms with Gasteiger partial charge in [0.05, 0.1) is 6.54 Å². The number of halogens is 3. The normalized spacial score (nSPS) is 23.6. The van der Waals surface area contributed by atoms with Gasteiger partial charge in [-0.3, -0.25) is 4.79 Å². The van der Waals surface area contributed by atoms with Crippen molar-refractivity contribution < 1.29 is 18.0 Å². The lowest BCUT2D eigenvalue weighted by Crippen LogP contribution is -2.52. The third-order valence-electron chi connectivity index (χ3n) is 3.20. The van der Waals surface area contributed by atoms with Crippen molar-refractivity contribution >= 4 is 17.2 Å². The fourth-order valence-corrected chi connectivity index (χ4v) is 2.79. The standard InChI is InChI=1S/C11H14F3N3OS/c1-7-4-16-8(19-7)5-17-9(18)10(11(12,13)14)2-3-15-6-10/h4,15H,2-3,5-6H2,1H3,(H,17,18). The van der Waals surface area contributed by atoms with E-state index in [1.807, 2.05) is 6.92 Å². The Balaban J connectivity index is 2.05. The molecule has 0 aliphatic carbocycles. The minimum Gasteiger partial charge on any atom is -0.349 e. The molecular formula is C11H14F3N3OS. The number of hydrogen-bond acceptors (Lipinski definition) is 4. The Morgan fingerprint density at radius 2 is 2.37 bits per heavy atom. The van der Waals surface area contributed by atoms with Gasteiger partial charge in [-0.15, -0.1) is 11.3 Å². The van der Waals surface area contributed by atoms with Crippen LogP contribution in [0.5, 0.6) is 0 Å². The summed E-state index contributed by atoms with van der Waals surface area (Å²) in [7, 11) is 0. The van der Waals surface area contributed by atoms with Crippen molar-refractivity contribution in [2.24, 2.45) is 5.41 Å². The van der Waals surface area contributed by atoms with Gasteiger partial charge in [0.2, 0.25) is 5.91 Å². The van der Waals surface area contributed by atoms with E-state index in [-0.39, 0.29) is 26.1 Å². The first-order chi connectivity index (χ1) is 8.85. The van der Waals surface area contributed by atoms with Gasteiger partial charge in [-0.1, -0.05) is 0 Å². The number of amides is 1. The fourth-order valence-electron chi connectivity index (χ4n) is 2.06. The van der Waals surface area contributed by atoms with Gasteiger partial charge in [0, 0.05) is 17.6 Å². The highest BCUT2D eigenvalue weighted by molar-refractivity contribution is 7.11. The fraction of sp³-hybridized carbons (Fsp3) is 0.636. The molecule has 1 aliphatic rings. The van der Waals surface area contributed by atoms with Crippen molar-refractivity contribution in [3.05, 3.63) is 16.1 Å². The van der Waals surface area contributed by atoms with Gasteiger partial charge in [-0.25, -0.2) is 4.98 Å². The molecule has 2 heterocycles. The first-order valence-electron chi connectivity index (χ1n) is 5.82. The van der Waals surface area contributed by atoms with Crippen molar-refractivity contribution in [2.75, 3.05) is 13.1 Å². The Morgan fingerprint density at radius 3 is 2.84 bits per heavy atom. The number of nitrogens with one attached hydrogen (secondary N) is 2. The van der Waals surface area contributed by atoms with Gasteiger partial charge in [0.15, 0.2) is 5.41 Å². The SMILES string of the molecule is Cc1cnc(CNC(=O)C2(C(F)(F)F)CCNC2)s1. The van der Waals surface area contributed by atoms with Gasteiger partial charge < -0.3 is 10.6 Å². The predicted octanol–water partition coefficient (Wildman–Crippen LogP) is 1.61. The van der Waals surface area contributed by atoms with Gasteiger partial charge >= 0.3 is 6.18 Å². The average Bonchev–Trinajstić information content (AvgIpc) is 2.94. The van der Waals surface area contributed by atoms with E-state index in [0.717, 1.165) is 4.88 Å². The molecule has 0 aromatic carbocycles. The van der Waals surface area contributed by atoms with Crippen molar-refractivity contribution in [1.82, 2.24) is 15.6 Å². The molecule has 1 unspecified atom stereocenters. The van der Waals surface area contributed by atoms with E-state index in [4.69, 9.17) is 0 Å². The van der Waals surface area contributed by atoms with Crippen molar-refractivity contribution in [3.8, 4) is 0 Å². The van der Waals surface area contributed by atoms with E-state index in [9.17, 15) is 18.0 Å². The highest BCUT2D eigenvalue weighted by Gasteiger charge is 2.61. The zero-order valence-corrected chi connectivity index (χ0v) is 11.1. The number of carbonyl (C=O) groups is 1. The molecular weight excluding hydrogens is 279 g/mol. The van der Waals surface area contributed by atoms with Gasteiger partial charge in [-0.2, -0.15) is 13.2 Å². The van der Waals surface area contributed by atoms with Crippen molar-refractivity contribution in [2.45, 2.75) is 26.1 Å². The van der Waals surface area contributed by atoms with Crippen LogP contribution in [0.25, 0.3) is 0 Å². The summed E-state index contributed by atoms with van der Waals surface area (Å²) >= 11 is 1.36. The Labute approximate surface area is 112 Å². The maximum absolute atomic E-state index is 13.1. The van der Waals surface area contributed by atoms with Crippen LogP contribution in [0, 0.1) is 12.3 Å². The molecule has 19 heavy (non-hydrogen) atoms. The van der Waals surface area contributed by atoms with Gasteiger partial charge in [-0.05, 0) is 19.9 Å². The lowest BCUT2D eigenvalue weighted by Gasteiger charge is -2.29. The first kappa shape index (κ1) is 14.3. The second-order valence-electron chi connectivity index (χ2n) is 4.55. The number of thiazole rings is 1. The van der Waals surface area contributed by atoms with Crippen molar-refractivity contribution in [3.63, 3.8) is 0 Å². The average molecular weight is 293 g/mol. The minimum absolute atomic E-state index is 0.0369. The summed E-state index contributed by atoms with van der Waals surface area (Å²) in [5.41, 5.74) is -2.31. The predicted molar refractivity (Wildman–Crippen MR) is 64.7 cm³/mol. The zero-order valence-electron chi connectivity index (χ0n) is 10.3. The largest absolute Gasteiger partial charge is 0.404 e. The van der Waals surface area contributed by atoms with E-state index < -0.39 is 17.5 Å². The number of aromatic nitrogens is 1. The molecule has 2 N–H and O–H groups in total. The summed E-state index contributed by atoms with van der Waals surface area (Å²) in [6.45, 7) is 1.72. The van der Waals surface area contributed by atoms with Crippen LogP contribution < -0.4 is 10.6 Å². The van der Waals surface area contributed by atoms with Gasteiger partial charge in [0.25, 0.3) is 0 Å². The highest BCUT2D eigenvalue weighted by Crippen LogP contribution is 2.43. The summed E-state index contributed by atoms with van der Waals surface area (Å²) in [5, 5.41) is 5.57. The Morgan fingerprint density at radius 1 is 1.63 bits per heavy atom. The van der Waals surface area contributed by atoms with Crippen LogP contribution in [0.1, 0.15) is 16.3 Å². The number of carbonyl (C=O) groups excluding carboxylic acids is 1. The Bertz CT molecular complexity index is 466. The molecule has 4 nitrogen and oxygen atoms in total. The van der Waals surface area contributed by atoms with E-state index in [1.165, 1.54) is 11.3 Å². The van der Waals surface area contributed by atoms with Crippen LogP contribution in [0.3, 0.4) is 0 Å². The van der Waals surface area contributed by atoms with Gasteiger partial charge in [0.1, 0.15) is 5.01 Å². The van der Waals surface area contributed by atoms with E-state index in [2.05, 4.69) is 15.6 Å².